The second-order valence-corrected chi connectivity index (χ2v) is 4.00. The van der Waals surface area contributed by atoms with Crippen molar-refractivity contribution in [2.75, 3.05) is 19.8 Å². The van der Waals surface area contributed by atoms with E-state index < -0.39 is 0 Å². The fourth-order valence-electron chi connectivity index (χ4n) is 0.830. The van der Waals surface area contributed by atoms with E-state index in [4.69, 9.17) is 4.74 Å². The first kappa shape index (κ1) is 12.4. The second kappa shape index (κ2) is 5.95. The van der Waals surface area contributed by atoms with Gasteiger partial charge in [0.15, 0.2) is 0 Å². The molecule has 0 rings (SSSR count). The van der Waals surface area contributed by atoms with Crippen LogP contribution in [0.2, 0.25) is 0 Å². The zero-order valence-electron chi connectivity index (χ0n) is 9.05. The van der Waals surface area contributed by atoms with Crippen LogP contribution in [-0.4, -0.2) is 30.3 Å². The predicted molar refractivity (Wildman–Crippen MR) is 57.7 cm³/mol. The van der Waals surface area contributed by atoms with Crippen molar-refractivity contribution in [3.63, 3.8) is 0 Å². The third kappa shape index (κ3) is 7.75. The molecular weight excluding hydrogens is 162 g/mol. The highest BCUT2D eigenvalue weighted by Gasteiger charge is 2.11. The number of hydrogen-bond donors (Lipinski definition) is 0. The molecule has 0 aromatic carbocycles. The van der Waals surface area contributed by atoms with Crippen molar-refractivity contribution in [2.45, 2.75) is 26.4 Å². The summed E-state index contributed by atoms with van der Waals surface area (Å²) >= 11 is 0. The highest BCUT2D eigenvalue weighted by Crippen LogP contribution is 2.07. The summed E-state index contributed by atoms with van der Waals surface area (Å²) in [6.07, 6.45) is 3.74. The van der Waals surface area contributed by atoms with E-state index >= 15 is 0 Å². The molecule has 0 aromatic heterocycles. The third-order valence-electron chi connectivity index (χ3n) is 1.45. The van der Waals surface area contributed by atoms with Gasteiger partial charge in [0.2, 0.25) is 0 Å². The van der Waals surface area contributed by atoms with E-state index in [1.54, 1.807) is 0 Å². The highest BCUT2D eigenvalue weighted by atomic mass is 16.5. The summed E-state index contributed by atoms with van der Waals surface area (Å²) in [6.45, 7) is 15.8. The van der Waals surface area contributed by atoms with Gasteiger partial charge >= 0.3 is 0 Å². The van der Waals surface area contributed by atoms with Crippen LogP contribution in [0.15, 0.2) is 25.3 Å². The smallest absolute Gasteiger partial charge is 0.100 e. The van der Waals surface area contributed by atoms with Crippen molar-refractivity contribution < 1.29 is 4.74 Å². The van der Waals surface area contributed by atoms with Crippen LogP contribution >= 0.6 is 0 Å². The Morgan fingerprint density at radius 1 is 1.15 bits per heavy atom. The number of ether oxygens (including phenoxy) is 1. The average Bonchev–Trinajstić information content (AvgIpc) is 2.00. The maximum atomic E-state index is 5.63. The van der Waals surface area contributed by atoms with Crippen molar-refractivity contribution in [1.29, 1.82) is 0 Å². The van der Waals surface area contributed by atoms with Crippen LogP contribution in [0, 0.1) is 0 Å². The minimum absolute atomic E-state index is 0.0827. The summed E-state index contributed by atoms with van der Waals surface area (Å²) in [4.78, 5) is 2.13. The second-order valence-electron chi connectivity index (χ2n) is 4.00. The Balaban J connectivity index is 3.80. The Morgan fingerprint density at radius 3 is 1.92 bits per heavy atom. The lowest BCUT2D eigenvalue weighted by molar-refractivity contribution is -0.0569. The average molecular weight is 183 g/mol. The summed E-state index contributed by atoms with van der Waals surface area (Å²) in [5.74, 6) is 0. The van der Waals surface area contributed by atoms with E-state index in [1.165, 1.54) is 0 Å². The zero-order chi connectivity index (χ0) is 10.3. The maximum absolute atomic E-state index is 5.63. The van der Waals surface area contributed by atoms with Crippen LogP contribution in [0.25, 0.3) is 0 Å². The number of hydrogen-bond acceptors (Lipinski definition) is 2. The standard InChI is InChI=1S/C11H21NO/c1-6-8-12(9-7-2)10-13-11(3,4)5/h6-7H,1-2,8-10H2,3-5H3. The van der Waals surface area contributed by atoms with Crippen molar-refractivity contribution in [1.82, 2.24) is 4.90 Å². The molecule has 0 saturated heterocycles. The Bertz CT molecular complexity index is 148. The van der Waals surface area contributed by atoms with Gasteiger partial charge in [0.1, 0.15) is 6.73 Å². The summed E-state index contributed by atoms with van der Waals surface area (Å²) in [7, 11) is 0. The van der Waals surface area contributed by atoms with Crippen molar-refractivity contribution >= 4 is 0 Å². The largest absolute Gasteiger partial charge is 0.360 e. The fourth-order valence-corrected chi connectivity index (χ4v) is 0.830. The van der Waals surface area contributed by atoms with E-state index in [0.717, 1.165) is 13.1 Å². The molecule has 0 aliphatic rings. The summed E-state index contributed by atoms with van der Waals surface area (Å²) in [6, 6.07) is 0. The molecule has 76 valence electrons. The molecule has 0 heterocycles. The summed E-state index contributed by atoms with van der Waals surface area (Å²) in [5.41, 5.74) is -0.0827. The first-order valence-electron chi connectivity index (χ1n) is 4.57. The molecule has 2 nitrogen and oxygen atoms in total. The number of nitrogens with zero attached hydrogens (tertiary/aromatic N) is 1. The molecule has 0 amide bonds. The van der Waals surface area contributed by atoms with Gasteiger partial charge in [-0.25, -0.2) is 0 Å². The third-order valence-corrected chi connectivity index (χ3v) is 1.45. The predicted octanol–water partition coefficient (Wildman–Crippen LogP) is 2.43. The molecule has 2 heteroatoms. The van der Waals surface area contributed by atoms with E-state index in [2.05, 4.69) is 18.1 Å². The Kier molecular flexibility index (Phi) is 5.67. The Morgan fingerprint density at radius 2 is 1.62 bits per heavy atom. The van der Waals surface area contributed by atoms with Crippen LogP contribution in [0.4, 0.5) is 0 Å². The van der Waals surface area contributed by atoms with E-state index in [9.17, 15) is 0 Å². The molecule has 0 bridgehead atoms. The quantitative estimate of drug-likeness (QED) is 0.463. The van der Waals surface area contributed by atoms with Crippen LogP contribution < -0.4 is 0 Å². The van der Waals surface area contributed by atoms with Gasteiger partial charge in [0, 0.05) is 13.1 Å². The monoisotopic (exact) mass is 183 g/mol. The van der Waals surface area contributed by atoms with Gasteiger partial charge in [-0.05, 0) is 20.8 Å². The molecule has 13 heavy (non-hydrogen) atoms. The Hall–Kier alpha value is -0.600. The lowest BCUT2D eigenvalue weighted by atomic mass is 10.2. The van der Waals surface area contributed by atoms with Gasteiger partial charge in [-0.15, -0.1) is 13.2 Å². The highest BCUT2D eigenvalue weighted by molar-refractivity contribution is 4.78. The first-order valence-corrected chi connectivity index (χ1v) is 4.57. The maximum Gasteiger partial charge on any atom is 0.100 e. The van der Waals surface area contributed by atoms with E-state index in [1.807, 2.05) is 32.9 Å². The van der Waals surface area contributed by atoms with Gasteiger partial charge < -0.3 is 4.74 Å². The molecule has 0 N–H and O–H groups in total. The molecule has 0 aromatic rings. The first-order chi connectivity index (χ1) is 5.99. The Labute approximate surface area is 81.9 Å². The summed E-state index contributed by atoms with van der Waals surface area (Å²) < 4.78 is 5.63. The minimum Gasteiger partial charge on any atom is -0.360 e. The van der Waals surface area contributed by atoms with Crippen LogP contribution in [0.3, 0.4) is 0 Å². The van der Waals surface area contributed by atoms with Gasteiger partial charge in [-0.2, -0.15) is 0 Å². The molecule has 0 saturated carbocycles. The molecule has 0 aliphatic carbocycles. The molecule has 0 unspecified atom stereocenters. The van der Waals surface area contributed by atoms with Crippen LogP contribution in [0.5, 0.6) is 0 Å². The van der Waals surface area contributed by atoms with Crippen LogP contribution in [-0.2, 0) is 4.74 Å². The lowest BCUT2D eigenvalue weighted by Crippen LogP contribution is -2.32. The van der Waals surface area contributed by atoms with Crippen molar-refractivity contribution in [3.8, 4) is 0 Å². The molecular formula is C11H21NO. The lowest BCUT2D eigenvalue weighted by Gasteiger charge is -2.25. The molecule has 0 radical (unpaired) electrons. The number of rotatable bonds is 6. The molecule has 0 fully saturated rings. The summed E-state index contributed by atoms with van der Waals surface area (Å²) in [5, 5.41) is 0. The van der Waals surface area contributed by atoms with Gasteiger partial charge in [0.25, 0.3) is 0 Å². The molecule has 0 spiro atoms. The van der Waals surface area contributed by atoms with E-state index in [-0.39, 0.29) is 5.60 Å². The zero-order valence-corrected chi connectivity index (χ0v) is 9.05. The van der Waals surface area contributed by atoms with Crippen molar-refractivity contribution in [3.05, 3.63) is 25.3 Å². The normalized spacial score (nSPS) is 11.7. The SMILES string of the molecule is C=CCN(CC=C)COC(C)(C)C. The minimum atomic E-state index is -0.0827. The fraction of sp³-hybridized carbons (Fsp3) is 0.636. The van der Waals surface area contributed by atoms with Crippen molar-refractivity contribution in [2.24, 2.45) is 0 Å². The van der Waals surface area contributed by atoms with Gasteiger partial charge in [0.05, 0.1) is 5.60 Å². The van der Waals surface area contributed by atoms with E-state index in [0.29, 0.717) is 6.73 Å². The van der Waals surface area contributed by atoms with Gasteiger partial charge in [-0.3, -0.25) is 4.90 Å². The molecule has 0 aliphatic heterocycles. The topological polar surface area (TPSA) is 12.5 Å². The van der Waals surface area contributed by atoms with Crippen LogP contribution in [0.1, 0.15) is 20.8 Å². The van der Waals surface area contributed by atoms with Gasteiger partial charge in [-0.1, -0.05) is 12.2 Å². The molecule has 0 atom stereocenters.